The van der Waals surface area contributed by atoms with Crippen LogP contribution in [0.25, 0.3) is 0 Å². The summed E-state index contributed by atoms with van der Waals surface area (Å²) in [6, 6.07) is 28.8. The van der Waals surface area contributed by atoms with Gasteiger partial charge in [-0.2, -0.15) is 0 Å². The monoisotopic (exact) mass is 444 g/mol. The summed E-state index contributed by atoms with van der Waals surface area (Å²) in [5.74, 6) is 0. The Labute approximate surface area is 194 Å². The largest absolute Gasteiger partial charge is 0.444 e. The van der Waals surface area contributed by atoms with Crippen molar-refractivity contribution in [1.29, 1.82) is 0 Å². The Morgan fingerprint density at radius 3 is 1.91 bits per heavy atom. The zero-order valence-corrected chi connectivity index (χ0v) is 19.5. The molecule has 32 heavy (non-hydrogen) atoms. The highest BCUT2D eigenvalue weighted by molar-refractivity contribution is 8.00. The van der Waals surface area contributed by atoms with Crippen LogP contribution in [0.2, 0.25) is 0 Å². The first-order valence-corrected chi connectivity index (χ1v) is 11.7. The van der Waals surface area contributed by atoms with Gasteiger partial charge in [-0.05, 0) is 45.0 Å². The van der Waals surface area contributed by atoms with E-state index in [0.29, 0.717) is 18.3 Å². The number of thioether (sulfide) groups is 1. The van der Waals surface area contributed by atoms with E-state index in [1.807, 2.05) is 57.2 Å². The third-order valence-electron chi connectivity index (χ3n) is 4.97. The Kier molecular flexibility index (Phi) is 6.66. The topological polar surface area (TPSA) is 41.9 Å². The molecule has 0 saturated carbocycles. The Morgan fingerprint density at radius 2 is 1.41 bits per heavy atom. The van der Waals surface area contributed by atoms with Gasteiger partial charge >= 0.3 is 6.09 Å². The second-order valence-electron chi connectivity index (χ2n) is 8.81. The van der Waals surface area contributed by atoms with Gasteiger partial charge in [0.05, 0.1) is 11.4 Å². The molecule has 0 aromatic heterocycles. The van der Waals surface area contributed by atoms with Crippen LogP contribution < -0.4 is 0 Å². The summed E-state index contributed by atoms with van der Waals surface area (Å²) in [6.07, 6.45) is -0.228. The maximum atomic E-state index is 12.1. The van der Waals surface area contributed by atoms with Gasteiger partial charge in [-0.25, -0.2) is 9.79 Å². The van der Waals surface area contributed by atoms with Gasteiger partial charge in [0.1, 0.15) is 5.60 Å². The Hall–Kier alpha value is -3.05. The molecular formula is C27H28N2O2S. The minimum Gasteiger partial charge on any atom is -0.444 e. The molecular weight excluding hydrogens is 416 g/mol. The van der Waals surface area contributed by atoms with Crippen molar-refractivity contribution >= 4 is 29.3 Å². The molecule has 1 amide bonds. The predicted molar refractivity (Wildman–Crippen MR) is 132 cm³/mol. The maximum Gasteiger partial charge on any atom is 0.410 e. The maximum absolute atomic E-state index is 12.1. The predicted octanol–water partition coefficient (Wildman–Crippen LogP) is 6.57. The first-order chi connectivity index (χ1) is 15.4. The fourth-order valence-corrected chi connectivity index (χ4v) is 4.58. The first kappa shape index (κ1) is 22.2. The molecule has 3 aromatic rings. The van der Waals surface area contributed by atoms with E-state index in [4.69, 9.17) is 9.73 Å². The van der Waals surface area contributed by atoms with Crippen molar-refractivity contribution in [1.82, 2.24) is 4.90 Å². The number of ether oxygens (including phenoxy) is 1. The number of nitrogens with zero attached hydrogens (tertiary/aromatic N) is 2. The molecule has 164 valence electrons. The van der Waals surface area contributed by atoms with Gasteiger partial charge in [0.15, 0.2) is 0 Å². The third-order valence-corrected chi connectivity index (χ3v) is 6.15. The highest BCUT2D eigenvalue weighted by atomic mass is 32.2. The minimum absolute atomic E-state index is 0.228. The van der Waals surface area contributed by atoms with Crippen LogP contribution in [0.1, 0.15) is 31.9 Å². The quantitative estimate of drug-likeness (QED) is 0.418. The molecule has 0 bridgehead atoms. The fourth-order valence-electron chi connectivity index (χ4n) is 3.40. The molecule has 1 heterocycles. The lowest BCUT2D eigenvalue weighted by atomic mass is 10.0. The number of benzene rings is 3. The number of likely N-dealkylation sites (tertiary alicyclic amines) is 1. The number of hydrogen-bond acceptors (Lipinski definition) is 4. The van der Waals surface area contributed by atoms with E-state index in [-0.39, 0.29) is 6.09 Å². The molecule has 1 aliphatic heterocycles. The summed E-state index contributed by atoms with van der Waals surface area (Å²) in [5.41, 5.74) is 3.60. The number of rotatable bonds is 5. The third kappa shape index (κ3) is 5.80. The normalized spacial score (nSPS) is 13.9. The van der Waals surface area contributed by atoms with Crippen LogP contribution in [0.15, 0.2) is 94.8 Å². The summed E-state index contributed by atoms with van der Waals surface area (Å²) in [4.78, 5) is 20.0. The summed E-state index contributed by atoms with van der Waals surface area (Å²) >= 11 is 1.79. The summed E-state index contributed by atoms with van der Waals surface area (Å²) in [7, 11) is 0. The van der Waals surface area contributed by atoms with Gasteiger partial charge in [0, 0.05) is 34.4 Å². The molecule has 4 nitrogen and oxygen atoms in total. The minimum atomic E-state index is -0.454. The van der Waals surface area contributed by atoms with Crippen LogP contribution in [-0.2, 0) is 4.74 Å². The second-order valence-corrected chi connectivity index (χ2v) is 10.2. The van der Waals surface area contributed by atoms with Gasteiger partial charge in [0.2, 0.25) is 0 Å². The molecule has 0 aliphatic carbocycles. The fraction of sp³-hybridized carbons (Fsp3) is 0.259. The van der Waals surface area contributed by atoms with Gasteiger partial charge in [-0.15, -0.1) is 11.8 Å². The van der Waals surface area contributed by atoms with E-state index in [9.17, 15) is 4.79 Å². The van der Waals surface area contributed by atoms with E-state index in [1.54, 1.807) is 16.7 Å². The summed E-state index contributed by atoms with van der Waals surface area (Å²) in [6.45, 7) is 7.10. The average molecular weight is 445 g/mol. The van der Waals surface area contributed by atoms with E-state index in [2.05, 4.69) is 48.5 Å². The number of carbonyl (C=O) groups excluding carboxylic acids is 1. The number of amides is 1. The van der Waals surface area contributed by atoms with E-state index in [0.717, 1.165) is 22.5 Å². The molecule has 1 aliphatic rings. The smallest absolute Gasteiger partial charge is 0.410 e. The average Bonchev–Trinajstić information content (AvgIpc) is 2.75. The highest BCUT2D eigenvalue weighted by Gasteiger charge is 2.34. The van der Waals surface area contributed by atoms with E-state index < -0.39 is 5.60 Å². The van der Waals surface area contributed by atoms with Crippen LogP contribution in [0.5, 0.6) is 0 Å². The highest BCUT2D eigenvalue weighted by Crippen LogP contribution is 2.32. The lowest BCUT2D eigenvalue weighted by Gasteiger charge is -2.39. The van der Waals surface area contributed by atoms with Gasteiger partial charge < -0.3 is 9.64 Å². The molecule has 0 radical (unpaired) electrons. The second kappa shape index (κ2) is 9.61. The molecule has 4 rings (SSSR count). The van der Waals surface area contributed by atoms with Crippen LogP contribution in [0.4, 0.5) is 10.5 Å². The molecule has 0 spiro atoms. The molecule has 1 saturated heterocycles. The summed E-state index contributed by atoms with van der Waals surface area (Å²) < 4.78 is 5.43. The lowest BCUT2D eigenvalue weighted by Crippen LogP contribution is -2.53. The van der Waals surface area contributed by atoms with Gasteiger partial charge in [-0.3, -0.25) is 0 Å². The Balaban J connectivity index is 1.42. The van der Waals surface area contributed by atoms with Crippen molar-refractivity contribution in [3.05, 3.63) is 96.1 Å². The molecule has 1 fully saturated rings. The van der Waals surface area contributed by atoms with Crippen molar-refractivity contribution < 1.29 is 9.53 Å². The van der Waals surface area contributed by atoms with Crippen molar-refractivity contribution in [2.45, 2.75) is 36.5 Å². The van der Waals surface area contributed by atoms with Crippen molar-refractivity contribution in [3.63, 3.8) is 0 Å². The van der Waals surface area contributed by atoms with Crippen LogP contribution in [-0.4, -0.2) is 40.6 Å². The molecule has 0 atom stereocenters. The number of aliphatic imine (C=N–C) groups is 1. The van der Waals surface area contributed by atoms with Crippen LogP contribution in [0.3, 0.4) is 0 Å². The van der Waals surface area contributed by atoms with Crippen molar-refractivity contribution in [2.24, 2.45) is 4.99 Å². The lowest BCUT2D eigenvalue weighted by molar-refractivity contribution is 0.0144. The summed E-state index contributed by atoms with van der Waals surface area (Å²) in [5, 5.41) is 0.390. The van der Waals surface area contributed by atoms with E-state index >= 15 is 0 Å². The molecule has 0 N–H and O–H groups in total. The van der Waals surface area contributed by atoms with Gasteiger partial charge in [0.25, 0.3) is 0 Å². The van der Waals surface area contributed by atoms with Crippen LogP contribution in [0, 0.1) is 0 Å². The molecule has 3 aromatic carbocycles. The van der Waals surface area contributed by atoms with Crippen molar-refractivity contribution in [2.75, 3.05) is 13.1 Å². The van der Waals surface area contributed by atoms with E-state index in [1.165, 1.54) is 4.90 Å². The van der Waals surface area contributed by atoms with Gasteiger partial charge in [-0.1, -0.05) is 60.7 Å². The Bertz CT molecular complexity index is 1030. The Morgan fingerprint density at radius 1 is 0.875 bits per heavy atom. The molecule has 5 heteroatoms. The first-order valence-electron chi connectivity index (χ1n) is 10.8. The standard InChI is InChI=1S/C27H28N2O2S/c1-27(2,3)31-26(30)29-18-24(19-29)32-23-16-14-22(15-17-23)28-25(20-10-6-4-7-11-20)21-12-8-5-9-13-21/h4-17,24H,18-19H2,1-3H3. The number of carbonyl (C=O) groups is 1. The zero-order chi connectivity index (χ0) is 22.6. The SMILES string of the molecule is CC(C)(C)OC(=O)N1CC(Sc2ccc(N=C(c3ccccc3)c3ccccc3)cc2)C1. The zero-order valence-electron chi connectivity index (χ0n) is 18.7. The molecule has 0 unspecified atom stereocenters. The van der Waals surface area contributed by atoms with Crippen molar-refractivity contribution in [3.8, 4) is 0 Å². The van der Waals surface area contributed by atoms with Crippen LogP contribution >= 0.6 is 11.8 Å². The number of hydrogen-bond donors (Lipinski definition) is 0.